The second-order valence-corrected chi connectivity index (χ2v) is 8.93. The molecule has 3 aromatic rings. The monoisotopic (exact) mass is 476 g/mol. The maximum atomic E-state index is 15.4. The lowest BCUT2D eigenvalue weighted by Crippen LogP contribution is -2.45. The van der Waals surface area contributed by atoms with Crippen molar-refractivity contribution in [2.24, 2.45) is 0 Å². The number of piperazine rings is 1. The summed E-state index contributed by atoms with van der Waals surface area (Å²) >= 11 is 0. The number of rotatable bonds is 4. The first kappa shape index (κ1) is 22.7. The van der Waals surface area contributed by atoms with Gasteiger partial charge in [-0.3, -0.25) is 20.4 Å². The number of ether oxygens (including phenoxy) is 1. The van der Waals surface area contributed by atoms with Crippen LogP contribution < -0.4 is 25.9 Å². The number of likely N-dealkylation sites (N-methyl/N-ethyl adjacent to an activating group) is 1. The number of carbonyl (C=O) groups excluding carboxylic acids is 1. The van der Waals surface area contributed by atoms with E-state index in [1.54, 1.807) is 24.3 Å². The minimum atomic E-state index is -0.645. The molecule has 2 N–H and O–H groups in total. The number of aromatic nitrogens is 1. The number of hydrazine groups is 1. The van der Waals surface area contributed by atoms with Crippen molar-refractivity contribution in [1.29, 1.82) is 5.26 Å². The second kappa shape index (κ2) is 8.92. The second-order valence-electron chi connectivity index (χ2n) is 8.93. The lowest BCUT2D eigenvalue weighted by atomic mass is 10.0. The molecular formula is C25H25FN6O3. The molecule has 1 atom stereocenters. The van der Waals surface area contributed by atoms with Gasteiger partial charge < -0.3 is 19.1 Å². The third kappa shape index (κ3) is 4.04. The molecule has 3 heterocycles. The van der Waals surface area contributed by atoms with E-state index in [4.69, 9.17) is 10.00 Å². The van der Waals surface area contributed by atoms with E-state index in [-0.39, 0.29) is 17.0 Å². The van der Waals surface area contributed by atoms with Crippen LogP contribution in [-0.2, 0) is 0 Å². The molecule has 180 valence electrons. The van der Waals surface area contributed by atoms with Crippen LogP contribution in [0.1, 0.15) is 28.9 Å². The first-order chi connectivity index (χ1) is 16.9. The number of hydrogen-bond donors (Lipinski definition) is 2. The molecule has 0 saturated carbocycles. The Bertz CT molecular complexity index is 1400. The van der Waals surface area contributed by atoms with Gasteiger partial charge in [0.15, 0.2) is 11.6 Å². The number of hydrogen-bond acceptors (Lipinski definition) is 7. The Morgan fingerprint density at radius 1 is 1.20 bits per heavy atom. The van der Waals surface area contributed by atoms with Crippen molar-refractivity contribution in [3.05, 3.63) is 63.7 Å². The topological polar surface area (TPSA) is 103 Å². The summed E-state index contributed by atoms with van der Waals surface area (Å²) in [5, 5.41) is 9.02. The number of nitrogens with one attached hydrogen (secondary N) is 2. The smallest absolute Gasteiger partial charge is 0.275 e. The highest BCUT2D eigenvalue weighted by Gasteiger charge is 2.31. The summed E-state index contributed by atoms with van der Waals surface area (Å²) in [6.45, 7) is 5.10. The number of nitrogens with zero attached hydrogens (tertiary/aromatic N) is 4. The van der Waals surface area contributed by atoms with Gasteiger partial charge in [-0.15, -0.1) is 0 Å². The number of carbonyl (C=O) groups is 1. The van der Waals surface area contributed by atoms with Crippen molar-refractivity contribution in [3.8, 4) is 11.8 Å². The largest absolute Gasteiger partial charge is 0.487 e. The zero-order valence-corrected chi connectivity index (χ0v) is 19.5. The van der Waals surface area contributed by atoms with Gasteiger partial charge in [0.25, 0.3) is 5.91 Å². The fourth-order valence-electron chi connectivity index (χ4n) is 4.52. The molecule has 0 radical (unpaired) electrons. The van der Waals surface area contributed by atoms with Crippen molar-refractivity contribution in [2.75, 3.05) is 50.2 Å². The van der Waals surface area contributed by atoms with Gasteiger partial charge >= 0.3 is 0 Å². The maximum Gasteiger partial charge on any atom is 0.275 e. The minimum absolute atomic E-state index is 0.105. The first-order valence-electron chi connectivity index (χ1n) is 11.4. The fraction of sp³-hybridized carbons (Fsp3) is 0.320. The van der Waals surface area contributed by atoms with Crippen LogP contribution in [0.3, 0.4) is 0 Å². The maximum absolute atomic E-state index is 15.4. The third-order valence-corrected chi connectivity index (χ3v) is 6.54. The molecule has 0 bridgehead atoms. The van der Waals surface area contributed by atoms with Gasteiger partial charge in [0, 0.05) is 32.4 Å². The number of benzene rings is 2. The molecule has 35 heavy (non-hydrogen) atoms. The summed E-state index contributed by atoms with van der Waals surface area (Å²) in [6, 6.07) is 9.56. The number of anilines is 2. The van der Waals surface area contributed by atoms with Crippen LogP contribution in [0.25, 0.3) is 10.9 Å². The van der Waals surface area contributed by atoms with Gasteiger partial charge in [-0.05, 0) is 44.3 Å². The predicted molar refractivity (Wildman–Crippen MR) is 130 cm³/mol. The van der Waals surface area contributed by atoms with Gasteiger partial charge in [0.1, 0.15) is 17.9 Å². The molecule has 10 heteroatoms. The van der Waals surface area contributed by atoms with E-state index in [9.17, 15) is 9.59 Å². The van der Waals surface area contributed by atoms with E-state index in [0.29, 0.717) is 47.9 Å². The van der Waals surface area contributed by atoms with Gasteiger partial charge in [-0.1, -0.05) is 0 Å². The Labute approximate surface area is 201 Å². The highest BCUT2D eigenvalue weighted by Crippen LogP contribution is 2.42. The van der Waals surface area contributed by atoms with Crippen LogP contribution >= 0.6 is 0 Å². The van der Waals surface area contributed by atoms with Crippen molar-refractivity contribution < 1.29 is 13.9 Å². The molecule has 1 fully saturated rings. The van der Waals surface area contributed by atoms with Crippen LogP contribution in [0.4, 0.5) is 15.8 Å². The molecule has 2 aromatic carbocycles. The van der Waals surface area contributed by atoms with Crippen LogP contribution in [0, 0.1) is 17.1 Å². The normalized spacial score (nSPS) is 17.5. The standard InChI is InChI=1S/C25H25FN6O3/c1-15-14-35-24-21-18(11-20(26)22(24)31-9-7-30(2)8-10-31)23(33)19(13-32(15)21)25(34)29-28-17-5-3-16(12-27)4-6-17/h3-6,11,13,15,28H,7-10,14H2,1-2H3,(H,29,34)/t15-/m0/s1. The molecule has 2 aliphatic heterocycles. The minimum Gasteiger partial charge on any atom is -0.487 e. The SMILES string of the molecule is C[C@H]1COc2c(N3CCN(C)CC3)c(F)cc3c(=O)c(C(=O)NNc4ccc(C#N)cc4)cn1c23. The van der Waals surface area contributed by atoms with Gasteiger partial charge in [0.2, 0.25) is 5.43 Å². The molecule has 0 unspecified atom stereocenters. The van der Waals surface area contributed by atoms with Crippen molar-refractivity contribution in [3.63, 3.8) is 0 Å². The van der Waals surface area contributed by atoms with Crippen LogP contribution in [-0.4, -0.2) is 55.2 Å². The number of pyridine rings is 1. The van der Waals surface area contributed by atoms with Crippen LogP contribution in [0.2, 0.25) is 0 Å². The average Bonchev–Trinajstić information content (AvgIpc) is 2.87. The fourth-order valence-corrected chi connectivity index (χ4v) is 4.52. The third-order valence-electron chi connectivity index (χ3n) is 6.54. The van der Waals surface area contributed by atoms with E-state index in [1.165, 1.54) is 12.3 Å². The highest BCUT2D eigenvalue weighted by molar-refractivity contribution is 6.00. The molecular weight excluding hydrogens is 451 g/mol. The van der Waals surface area contributed by atoms with Gasteiger partial charge in [0.05, 0.1) is 34.3 Å². The quantitative estimate of drug-likeness (QED) is 0.558. The Hall–Kier alpha value is -4.10. The van der Waals surface area contributed by atoms with E-state index in [0.717, 1.165) is 13.1 Å². The summed E-state index contributed by atoms with van der Waals surface area (Å²) in [5.74, 6) is -0.834. The lowest BCUT2D eigenvalue weighted by molar-refractivity contribution is 0.0960. The Morgan fingerprint density at radius 2 is 1.91 bits per heavy atom. The summed E-state index contributed by atoms with van der Waals surface area (Å²) in [5.41, 5.74) is 6.48. The number of halogens is 1. The molecule has 1 amide bonds. The lowest BCUT2D eigenvalue weighted by Gasteiger charge is -2.37. The Balaban J connectivity index is 1.53. The first-order valence-corrected chi connectivity index (χ1v) is 11.4. The number of amides is 1. The van der Waals surface area contributed by atoms with Crippen molar-refractivity contribution in [1.82, 2.24) is 14.9 Å². The van der Waals surface area contributed by atoms with Gasteiger partial charge in [-0.25, -0.2) is 4.39 Å². The van der Waals surface area contributed by atoms with Crippen LogP contribution in [0.5, 0.6) is 5.75 Å². The molecule has 2 aliphatic rings. The summed E-state index contributed by atoms with van der Waals surface area (Å²) in [4.78, 5) is 30.4. The summed E-state index contributed by atoms with van der Waals surface area (Å²) in [7, 11) is 2.02. The molecule has 0 spiro atoms. The van der Waals surface area contributed by atoms with E-state index >= 15 is 4.39 Å². The average molecular weight is 477 g/mol. The van der Waals surface area contributed by atoms with Crippen molar-refractivity contribution >= 4 is 28.2 Å². The van der Waals surface area contributed by atoms with E-state index in [1.807, 2.05) is 29.5 Å². The van der Waals surface area contributed by atoms with Crippen molar-refractivity contribution in [2.45, 2.75) is 13.0 Å². The van der Waals surface area contributed by atoms with E-state index < -0.39 is 17.2 Å². The van der Waals surface area contributed by atoms with Gasteiger partial charge in [-0.2, -0.15) is 5.26 Å². The zero-order chi connectivity index (χ0) is 24.7. The van der Waals surface area contributed by atoms with Crippen LogP contribution in [0.15, 0.2) is 41.3 Å². The molecule has 0 aliphatic carbocycles. The van der Waals surface area contributed by atoms with E-state index in [2.05, 4.69) is 15.8 Å². The molecule has 5 rings (SSSR count). The summed E-state index contributed by atoms with van der Waals surface area (Å²) in [6.07, 6.45) is 1.52. The Morgan fingerprint density at radius 3 is 2.60 bits per heavy atom. The number of nitriles is 1. The predicted octanol–water partition coefficient (Wildman–Crippen LogP) is 2.47. The molecule has 1 aromatic heterocycles. The zero-order valence-electron chi connectivity index (χ0n) is 19.5. The highest BCUT2D eigenvalue weighted by atomic mass is 19.1. The molecule has 1 saturated heterocycles. The Kier molecular flexibility index (Phi) is 5.78. The molecule has 9 nitrogen and oxygen atoms in total. The summed E-state index contributed by atoms with van der Waals surface area (Å²) < 4.78 is 23.2.